The van der Waals surface area contributed by atoms with Gasteiger partial charge in [-0.3, -0.25) is 4.84 Å². The topological polar surface area (TPSA) is 46.6 Å². The predicted octanol–water partition coefficient (Wildman–Crippen LogP) is 2.49. The van der Waals surface area contributed by atoms with Gasteiger partial charge in [0.1, 0.15) is 0 Å². The quantitative estimate of drug-likeness (QED) is 0.825. The molecule has 0 aliphatic carbocycles. The van der Waals surface area contributed by atoms with Crippen molar-refractivity contribution in [3.05, 3.63) is 35.9 Å². The van der Waals surface area contributed by atoms with Crippen LogP contribution in [0.3, 0.4) is 0 Å². The van der Waals surface area contributed by atoms with Gasteiger partial charge in [-0.15, -0.1) is 0 Å². The summed E-state index contributed by atoms with van der Waals surface area (Å²) < 4.78 is 25.6. The van der Waals surface area contributed by atoms with E-state index in [0.717, 1.165) is 18.4 Å². The van der Waals surface area contributed by atoms with Crippen LogP contribution >= 0.6 is 0 Å². The van der Waals surface area contributed by atoms with E-state index in [4.69, 9.17) is 4.84 Å². The van der Waals surface area contributed by atoms with E-state index in [9.17, 15) is 8.42 Å². The summed E-state index contributed by atoms with van der Waals surface area (Å²) in [6, 6.07) is 9.49. The molecular weight excluding hydrogens is 250 g/mol. The first-order chi connectivity index (χ1) is 8.65. The van der Waals surface area contributed by atoms with Crippen molar-refractivity contribution >= 4 is 10.0 Å². The lowest BCUT2D eigenvalue weighted by Crippen LogP contribution is -2.31. The van der Waals surface area contributed by atoms with Crippen LogP contribution in [-0.2, 0) is 14.9 Å². The molecule has 5 heteroatoms. The largest absolute Gasteiger partial charge is 0.284 e. The fourth-order valence-corrected chi connectivity index (χ4v) is 3.79. The molecule has 0 spiro atoms. The second-order valence-electron chi connectivity index (χ2n) is 4.47. The molecule has 1 fully saturated rings. The van der Waals surface area contributed by atoms with Gasteiger partial charge < -0.3 is 0 Å². The lowest BCUT2D eigenvalue weighted by Gasteiger charge is -2.22. The van der Waals surface area contributed by atoms with Crippen molar-refractivity contribution in [2.24, 2.45) is 0 Å². The lowest BCUT2D eigenvalue weighted by atomic mass is 10.1. The summed E-state index contributed by atoms with van der Waals surface area (Å²) in [7, 11) is -3.31. The van der Waals surface area contributed by atoms with Crippen LogP contribution in [0, 0.1) is 0 Å². The molecule has 1 aliphatic heterocycles. The molecule has 4 nitrogen and oxygen atoms in total. The Balaban J connectivity index is 2.18. The van der Waals surface area contributed by atoms with E-state index in [1.54, 1.807) is 0 Å². The number of hydroxylamine groups is 1. The summed E-state index contributed by atoms with van der Waals surface area (Å²) in [6.07, 6.45) is 2.25. The molecule has 1 atom stereocenters. The Bertz CT molecular complexity index is 472. The number of unbranched alkanes of at least 4 members (excludes halogenated alkanes) is 1. The average Bonchev–Trinajstić information content (AvgIpc) is 2.87. The van der Waals surface area contributed by atoms with Crippen molar-refractivity contribution < 1.29 is 13.3 Å². The highest BCUT2D eigenvalue weighted by atomic mass is 32.2. The number of sulfonamides is 1. The molecule has 0 amide bonds. The number of benzene rings is 1. The molecule has 0 radical (unpaired) electrons. The standard InChI is InChI=1S/C13H19NO3S/c1-2-3-11-18(15,16)14-13(9-10-17-14)12-7-5-4-6-8-12/h4-8,13H,2-3,9-11H2,1H3/t13-/m0/s1. The first-order valence-corrected chi connectivity index (χ1v) is 7.96. The first kappa shape index (κ1) is 13.5. The summed E-state index contributed by atoms with van der Waals surface area (Å²) in [5.74, 6) is 0.160. The third kappa shape index (κ3) is 2.91. The van der Waals surface area contributed by atoms with Crippen molar-refractivity contribution in [1.29, 1.82) is 0 Å². The Morgan fingerprint density at radius 3 is 2.72 bits per heavy atom. The zero-order valence-electron chi connectivity index (χ0n) is 10.6. The molecule has 1 aliphatic rings. The van der Waals surface area contributed by atoms with Crippen LogP contribution < -0.4 is 0 Å². The van der Waals surface area contributed by atoms with Crippen molar-refractivity contribution in [2.45, 2.75) is 32.2 Å². The minimum Gasteiger partial charge on any atom is -0.284 e. The van der Waals surface area contributed by atoms with Crippen LogP contribution in [0.25, 0.3) is 0 Å². The summed E-state index contributed by atoms with van der Waals surface area (Å²) in [5.41, 5.74) is 0.995. The van der Waals surface area contributed by atoms with Crippen LogP contribution in [0.5, 0.6) is 0 Å². The Morgan fingerprint density at radius 2 is 2.06 bits per heavy atom. The molecular formula is C13H19NO3S. The third-order valence-corrected chi connectivity index (χ3v) is 4.79. The molecule has 1 aromatic carbocycles. The van der Waals surface area contributed by atoms with E-state index in [-0.39, 0.29) is 11.8 Å². The second kappa shape index (κ2) is 5.82. The van der Waals surface area contributed by atoms with E-state index in [1.807, 2.05) is 37.3 Å². The maximum Gasteiger partial charge on any atom is 0.236 e. The van der Waals surface area contributed by atoms with Gasteiger partial charge in [0.2, 0.25) is 10.0 Å². The van der Waals surface area contributed by atoms with E-state index in [2.05, 4.69) is 0 Å². The number of rotatable bonds is 5. The molecule has 0 unspecified atom stereocenters. The zero-order chi connectivity index (χ0) is 13.0. The molecule has 1 aromatic rings. The van der Waals surface area contributed by atoms with Crippen LogP contribution in [0.4, 0.5) is 0 Å². The van der Waals surface area contributed by atoms with Gasteiger partial charge in [-0.05, 0) is 18.4 Å². The van der Waals surface area contributed by atoms with Crippen LogP contribution in [0.2, 0.25) is 0 Å². The van der Waals surface area contributed by atoms with Crippen molar-refractivity contribution in [1.82, 2.24) is 4.47 Å². The van der Waals surface area contributed by atoms with E-state index in [0.29, 0.717) is 13.0 Å². The molecule has 1 saturated heterocycles. The lowest BCUT2D eigenvalue weighted by molar-refractivity contribution is -0.0499. The molecule has 0 saturated carbocycles. The Kier molecular flexibility index (Phi) is 4.37. The zero-order valence-corrected chi connectivity index (χ0v) is 11.4. The number of hydrogen-bond acceptors (Lipinski definition) is 3. The van der Waals surface area contributed by atoms with Gasteiger partial charge in [0, 0.05) is 0 Å². The van der Waals surface area contributed by atoms with Gasteiger partial charge in [-0.25, -0.2) is 8.42 Å². The summed E-state index contributed by atoms with van der Waals surface area (Å²) in [5, 5.41) is 0. The van der Waals surface area contributed by atoms with Crippen LogP contribution in [-0.4, -0.2) is 25.2 Å². The second-order valence-corrected chi connectivity index (χ2v) is 6.41. The molecule has 0 bridgehead atoms. The fourth-order valence-electron chi connectivity index (χ4n) is 2.10. The average molecular weight is 269 g/mol. The van der Waals surface area contributed by atoms with Gasteiger partial charge in [-0.1, -0.05) is 48.1 Å². The Labute approximate surface area is 109 Å². The molecule has 18 heavy (non-hydrogen) atoms. The Morgan fingerprint density at radius 1 is 1.33 bits per heavy atom. The molecule has 0 aromatic heterocycles. The first-order valence-electron chi connectivity index (χ1n) is 6.35. The number of nitrogens with zero attached hydrogens (tertiary/aromatic N) is 1. The van der Waals surface area contributed by atoms with E-state index < -0.39 is 10.0 Å². The summed E-state index contributed by atoms with van der Waals surface area (Å²) in [6.45, 7) is 2.44. The number of hydrogen-bond donors (Lipinski definition) is 0. The summed E-state index contributed by atoms with van der Waals surface area (Å²) in [4.78, 5) is 5.33. The Hall–Kier alpha value is -0.910. The fraction of sp³-hybridized carbons (Fsp3) is 0.538. The maximum atomic E-state index is 12.2. The highest BCUT2D eigenvalue weighted by molar-refractivity contribution is 7.88. The normalized spacial score (nSPS) is 21.3. The predicted molar refractivity (Wildman–Crippen MR) is 70.3 cm³/mol. The SMILES string of the molecule is CCCCS(=O)(=O)N1OCC[C@H]1c1ccccc1. The van der Waals surface area contributed by atoms with Crippen LogP contribution in [0.1, 0.15) is 37.8 Å². The van der Waals surface area contributed by atoms with Crippen molar-refractivity contribution in [3.8, 4) is 0 Å². The third-order valence-electron chi connectivity index (χ3n) is 3.08. The van der Waals surface area contributed by atoms with E-state index >= 15 is 0 Å². The van der Waals surface area contributed by atoms with Gasteiger partial charge in [0.15, 0.2) is 0 Å². The summed E-state index contributed by atoms with van der Waals surface area (Å²) >= 11 is 0. The molecule has 1 heterocycles. The highest BCUT2D eigenvalue weighted by Crippen LogP contribution is 2.32. The minimum atomic E-state index is -3.31. The van der Waals surface area contributed by atoms with Crippen molar-refractivity contribution in [3.63, 3.8) is 0 Å². The minimum absolute atomic E-state index is 0.160. The molecule has 0 N–H and O–H groups in total. The van der Waals surface area contributed by atoms with E-state index in [1.165, 1.54) is 4.47 Å². The maximum absolute atomic E-state index is 12.2. The monoisotopic (exact) mass is 269 g/mol. The smallest absolute Gasteiger partial charge is 0.236 e. The van der Waals surface area contributed by atoms with Crippen LogP contribution in [0.15, 0.2) is 30.3 Å². The van der Waals surface area contributed by atoms with Gasteiger partial charge >= 0.3 is 0 Å². The molecule has 100 valence electrons. The highest BCUT2D eigenvalue weighted by Gasteiger charge is 2.36. The molecule has 2 rings (SSSR count). The van der Waals surface area contributed by atoms with Gasteiger partial charge in [-0.2, -0.15) is 0 Å². The van der Waals surface area contributed by atoms with Gasteiger partial charge in [0.05, 0.1) is 18.4 Å². The van der Waals surface area contributed by atoms with Crippen molar-refractivity contribution in [2.75, 3.05) is 12.4 Å². The van der Waals surface area contributed by atoms with Gasteiger partial charge in [0.25, 0.3) is 0 Å².